The van der Waals surface area contributed by atoms with Gasteiger partial charge in [0.1, 0.15) is 5.04 Å². The van der Waals surface area contributed by atoms with Crippen molar-refractivity contribution >= 4 is 34.3 Å². The first-order valence-corrected chi connectivity index (χ1v) is 8.88. The quantitative estimate of drug-likeness (QED) is 0.660. The third-order valence-electron chi connectivity index (χ3n) is 3.30. The lowest BCUT2D eigenvalue weighted by atomic mass is 10.2. The van der Waals surface area contributed by atoms with Crippen molar-refractivity contribution < 1.29 is 0 Å². The van der Waals surface area contributed by atoms with E-state index in [9.17, 15) is 0 Å². The van der Waals surface area contributed by atoms with Crippen molar-refractivity contribution in [3.8, 4) is 0 Å². The fraction of sp³-hybridized carbons (Fsp3) is 0.167. The molecule has 2 aromatic carbocycles. The molecule has 0 saturated carbocycles. The fourth-order valence-corrected chi connectivity index (χ4v) is 4.03. The molecule has 106 valence electrons. The number of hydrogen-bond acceptors (Lipinski definition) is 3. The molecular formula is C18H17NS2. The Hall–Kier alpha value is -1.45. The van der Waals surface area contributed by atoms with Gasteiger partial charge in [0.05, 0.1) is 5.69 Å². The van der Waals surface area contributed by atoms with Crippen molar-refractivity contribution in [3.63, 3.8) is 0 Å². The van der Waals surface area contributed by atoms with Crippen LogP contribution >= 0.6 is 23.5 Å². The third-order valence-corrected chi connectivity index (χ3v) is 5.28. The molecule has 21 heavy (non-hydrogen) atoms. The zero-order valence-corrected chi connectivity index (χ0v) is 13.6. The molecule has 3 heteroatoms. The van der Waals surface area contributed by atoms with Crippen molar-refractivity contribution in [2.75, 3.05) is 5.75 Å². The number of aryl methyl sites for hydroxylation is 1. The summed E-state index contributed by atoms with van der Waals surface area (Å²) in [6.07, 6.45) is 1.11. The van der Waals surface area contributed by atoms with Gasteiger partial charge in [-0.05, 0) is 48.1 Å². The zero-order valence-electron chi connectivity index (χ0n) is 12.0. The maximum absolute atomic E-state index is 4.85. The van der Waals surface area contributed by atoms with Crippen LogP contribution in [0.25, 0.3) is 0 Å². The van der Waals surface area contributed by atoms with Gasteiger partial charge in [0, 0.05) is 10.6 Å². The van der Waals surface area contributed by atoms with Crippen LogP contribution < -0.4 is 0 Å². The second kappa shape index (κ2) is 7.01. The Kier molecular flexibility index (Phi) is 4.84. The van der Waals surface area contributed by atoms with Crippen molar-refractivity contribution in [2.24, 2.45) is 4.99 Å². The Morgan fingerprint density at radius 3 is 2.62 bits per heavy atom. The van der Waals surface area contributed by atoms with Gasteiger partial charge < -0.3 is 0 Å². The van der Waals surface area contributed by atoms with E-state index in [2.05, 4.69) is 54.8 Å². The summed E-state index contributed by atoms with van der Waals surface area (Å²) in [6.45, 7) is 2.11. The van der Waals surface area contributed by atoms with Crippen LogP contribution in [0, 0.1) is 6.92 Å². The number of thioether (sulfide) groups is 2. The zero-order chi connectivity index (χ0) is 14.5. The monoisotopic (exact) mass is 311 g/mol. The molecule has 1 aliphatic rings. The number of hydrogen-bond donors (Lipinski definition) is 0. The summed E-state index contributed by atoms with van der Waals surface area (Å²) in [7, 11) is 0. The van der Waals surface area contributed by atoms with Gasteiger partial charge in [0.15, 0.2) is 0 Å². The molecule has 0 unspecified atom stereocenters. The van der Waals surface area contributed by atoms with Crippen LogP contribution in [0.2, 0.25) is 0 Å². The summed E-state index contributed by atoms with van der Waals surface area (Å²) >= 11 is 3.64. The fourth-order valence-electron chi connectivity index (χ4n) is 2.11. The minimum Gasteiger partial charge on any atom is -0.242 e. The lowest BCUT2D eigenvalue weighted by Crippen LogP contribution is -1.89. The average molecular weight is 311 g/mol. The summed E-state index contributed by atoms with van der Waals surface area (Å²) in [5.74, 6) is 1.13. The largest absolute Gasteiger partial charge is 0.242 e. The van der Waals surface area contributed by atoms with Gasteiger partial charge >= 0.3 is 0 Å². The maximum Gasteiger partial charge on any atom is 0.100 e. The lowest BCUT2D eigenvalue weighted by molar-refractivity contribution is 1.23. The van der Waals surface area contributed by atoms with E-state index < -0.39 is 0 Å². The van der Waals surface area contributed by atoms with E-state index >= 15 is 0 Å². The number of rotatable bonds is 3. The SMILES string of the molecule is Cc1ccccc1N=C1SCC/C1=C\Sc1ccccc1. The van der Waals surface area contributed by atoms with E-state index in [4.69, 9.17) is 4.99 Å². The minimum absolute atomic E-state index is 1.08. The molecule has 1 aliphatic heterocycles. The Balaban J connectivity index is 1.81. The molecule has 1 saturated heterocycles. The highest BCUT2D eigenvalue weighted by atomic mass is 32.2. The number of nitrogens with zero attached hydrogens (tertiary/aromatic N) is 1. The van der Waals surface area contributed by atoms with Crippen molar-refractivity contribution in [1.29, 1.82) is 0 Å². The Bertz CT molecular complexity index is 675. The molecule has 0 atom stereocenters. The first-order valence-electron chi connectivity index (χ1n) is 7.01. The normalized spacial score (nSPS) is 18.5. The molecule has 0 radical (unpaired) electrons. The molecule has 1 heterocycles. The van der Waals surface area contributed by atoms with Crippen molar-refractivity contribution in [3.05, 3.63) is 71.1 Å². The third kappa shape index (κ3) is 3.80. The second-order valence-electron chi connectivity index (χ2n) is 4.88. The molecule has 1 fully saturated rings. The van der Waals surface area contributed by atoms with Crippen LogP contribution in [0.3, 0.4) is 0 Å². The lowest BCUT2D eigenvalue weighted by Gasteiger charge is -2.03. The van der Waals surface area contributed by atoms with Gasteiger partial charge in [-0.25, -0.2) is 4.99 Å². The molecule has 0 spiro atoms. The summed E-state index contributed by atoms with van der Waals surface area (Å²) in [6, 6.07) is 18.8. The van der Waals surface area contributed by atoms with Gasteiger partial charge in [-0.2, -0.15) is 0 Å². The van der Waals surface area contributed by atoms with Gasteiger partial charge in [0.25, 0.3) is 0 Å². The Labute approximate surface area is 134 Å². The summed E-state index contributed by atoms with van der Waals surface area (Å²) in [4.78, 5) is 6.12. The second-order valence-corrected chi connectivity index (χ2v) is 6.90. The Morgan fingerprint density at radius 1 is 1.05 bits per heavy atom. The van der Waals surface area contributed by atoms with Crippen LogP contribution in [-0.4, -0.2) is 10.8 Å². The van der Waals surface area contributed by atoms with E-state index in [0.29, 0.717) is 0 Å². The number of benzene rings is 2. The smallest absolute Gasteiger partial charge is 0.100 e. The van der Waals surface area contributed by atoms with E-state index in [1.54, 1.807) is 11.8 Å². The van der Waals surface area contributed by atoms with E-state index in [1.807, 2.05) is 23.9 Å². The van der Waals surface area contributed by atoms with Crippen molar-refractivity contribution in [2.45, 2.75) is 18.2 Å². The van der Waals surface area contributed by atoms with Gasteiger partial charge in [-0.1, -0.05) is 48.2 Å². The predicted molar refractivity (Wildman–Crippen MR) is 95.7 cm³/mol. The summed E-state index contributed by atoms with van der Waals surface area (Å²) in [5, 5.41) is 3.43. The molecular weight excluding hydrogens is 294 g/mol. The summed E-state index contributed by atoms with van der Waals surface area (Å²) in [5.41, 5.74) is 3.67. The van der Waals surface area contributed by atoms with Crippen LogP contribution in [0.1, 0.15) is 12.0 Å². The first kappa shape index (κ1) is 14.5. The molecule has 1 nitrogen and oxygen atoms in total. The van der Waals surface area contributed by atoms with Gasteiger partial charge in [-0.15, -0.1) is 11.8 Å². The van der Waals surface area contributed by atoms with Gasteiger partial charge in [0.2, 0.25) is 0 Å². The predicted octanol–water partition coefficient (Wildman–Crippen LogP) is 5.84. The first-order chi connectivity index (χ1) is 10.3. The molecule has 0 amide bonds. The molecule has 3 rings (SSSR count). The highest BCUT2D eigenvalue weighted by Crippen LogP contribution is 2.33. The van der Waals surface area contributed by atoms with Crippen LogP contribution in [0.4, 0.5) is 5.69 Å². The maximum atomic E-state index is 4.85. The minimum atomic E-state index is 1.08. The van der Waals surface area contributed by atoms with Crippen LogP contribution in [-0.2, 0) is 0 Å². The highest BCUT2D eigenvalue weighted by Gasteiger charge is 2.16. The average Bonchev–Trinajstić information content (AvgIpc) is 2.96. The summed E-state index contributed by atoms with van der Waals surface area (Å²) < 4.78 is 0. The molecule has 0 N–H and O–H groups in total. The van der Waals surface area contributed by atoms with E-state index in [1.165, 1.54) is 21.1 Å². The molecule has 2 aromatic rings. The number of aliphatic imine (C=N–C) groups is 1. The van der Waals surface area contributed by atoms with Crippen LogP contribution in [0.15, 0.2) is 75.5 Å². The molecule has 0 aromatic heterocycles. The van der Waals surface area contributed by atoms with E-state index in [0.717, 1.165) is 17.9 Å². The standard InChI is InChI=1S/C18H17NS2/c1-14-7-5-6-10-17(14)19-18-15(11-12-20-18)13-21-16-8-3-2-4-9-16/h2-10,13H,11-12H2,1H3/b15-13+,19-18?. The van der Waals surface area contributed by atoms with Gasteiger partial charge in [-0.3, -0.25) is 0 Å². The highest BCUT2D eigenvalue weighted by molar-refractivity contribution is 8.15. The molecule has 0 bridgehead atoms. The van der Waals surface area contributed by atoms with Crippen molar-refractivity contribution in [1.82, 2.24) is 0 Å². The topological polar surface area (TPSA) is 12.4 Å². The van der Waals surface area contributed by atoms with Crippen LogP contribution in [0.5, 0.6) is 0 Å². The molecule has 0 aliphatic carbocycles. The van der Waals surface area contributed by atoms with E-state index in [-0.39, 0.29) is 0 Å². The number of para-hydroxylation sites is 1. The Morgan fingerprint density at radius 2 is 1.81 bits per heavy atom.